The molecule has 19 heavy (non-hydrogen) atoms. The average Bonchev–Trinajstić information content (AvgIpc) is 2.40. The van der Waals surface area contributed by atoms with E-state index in [4.69, 9.17) is 11.6 Å². The van der Waals surface area contributed by atoms with Gasteiger partial charge in [0.05, 0.1) is 0 Å². The summed E-state index contributed by atoms with van der Waals surface area (Å²) in [6, 6.07) is 11.3. The summed E-state index contributed by atoms with van der Waals surface area (Å²) in [7, 11) is 0. The van der Waals surface area contributed by atoms with Crippen LogP contribution in [0, 0.1) is 5.82 Å². The van der Waals surface area contributed by atoms with Crippen LogP contribution in [0.25, 0.3) is 0 Å². The first-order chi connectivity index (χ1) is 9.06. The molecule has 2 rings (SSSR count). The van der Waals surface area contributed by atoms with Crippen LogP contribution in [0.1, 0.15) is 24.1 Å². The van der Waals surface area contributed by atoms with E-state index in [0.717, 1.165) is 11.1 Å². The Bertz CT molecular complexity index is 557. The first kappa shape index (κ1) is 13.8. The highest BCUT2D eigenvalue weighted by molar-refractivity contribution is 6.30. The van der Waals surface area contributed by atoms with E-state index in [2.05, 4.69) is 5.32 Å². The fraction of sp³-hybridized carbons (Fsp3) is 0.200. The van der Waals surface area contributed by atoms with Gasteiger partial charge in [-0.1, -0.05) is 23.7 Å². The molecule has 0 aliphatic carbocycles. The standard InChI is InChI=1S/C15H15ClFNO/c1-10(11-2-5-14(17)6-3-11)18-9-12-8-13(16)4-7-15(12)19/h2-8,10,18-19H,9H2,1H3. The minimum Gasteiger partial charge on any atom is -0.508 e. The Kier molecular flexibility index (Phi) is 4.40. The largest absolute Gasteiger partial charge is 0.508 e. The van der Waals surface area contributed by atoms with Crippen molar-refractivity contribution in [2.24, 2.45) is 0 Å². The highest BCUT2D eigenvalue weighted by atomic mass is 35.5. The summed E-state index contributed by atoms with van der Waals surface area (Å²) in [4.78, 5) is 0. The molecule has 0 saturated heterocycles. The van der Waals surface area contributed by atoms with Gasteiger partial charge in [-0.2, -0.15) is 0 Å². The van der Waals surface area contributed by atoms with Gasteiger partial charge in [-0.15, -0.1) is 0 Å². The van der Waals surface area contributed by atoms with Gasteiger partial charge < -0.3 is 10.4 Å². The Morgan fingerprint density at radius 3 is 2.58 bits per heavy atom. The zero-order valence-electron chi connectivity index (χ0n) is 10.5. The number of hydrogen-bond acceptors (Lipinski definition) is 2. The SMILES string of the molecule is CC(NCc1cc(Cl)ccc1O)c1ccc(F)cc1. The van der Waals surface area contributed by atoms with Crippen molar-refractivity contribution in [1.29, 1.82) is 0 Å². The highest BCUT2D eigenvalue weighted by Gasteiger charge is 2.07. The fourth-order valence-electron chi connectivity index (χ4n) is 1.83. The first-order valence-electron chi connectivity index (χ1n) is 6.02. The molecule has 0 aliphatic rings. The van der Waals surface area contributed by atoms with Crippen molar-refractivity contribution in [1.82, 2.24) is 5.32 Å². The number of rotatable bonds is 4. The molecule has 100 valence electrons. The second-order valence-corrected chi connectivity index (χ2v) is 4.86. The van der Waals surface area contributed by atoms with Crippen LogP contribution in [0.2, 0.25) is 5.02 Å². The molecule has 1 unspecified atom stereocenters. The van der Waals surface area contributed by atoms with Crippen molar-refractivity contribution < 1.29 is 9.50 Å². The number of phenolic OH excluding ortho intramolecular Hbond substituents is 1. The second kappa shape index (κ2) is 6.04. The van der Waals surface area contributed by atoms with E-state index >= 15 is 0 Å². The summed E-state index contributed by atoms with van der Waals surface area (Å²) in [5, 5.41) is 13.6. The van der Waals surface area contributed by atoms with Crippen molar-refractivity contribution in [2.45, 2.75) is 19.5 Å². The number of hydrogen-bond donors (Lipinski definition) is 2. The Balaban J connectivity index is 2.02. The van der Waals surface area contributed by atoms with Crippen LogP contribution >= 0.6 is 11.6 Å². The third kappa shape index (κ3) is 3.69. The van der Waals surface area contributed by atoms with Gasteiger partial charge in [0.15, 0.2) is 0 Å². The lowest BCUT2D eigenvalue weighted by Crippen LogP contribution is -2.18. The molecular formula is C15H15ClFNO. The van der Waals surface area contributed by atoms with Gasteiger partial charge in [-0.25, -0.2) is 4.39 Å². The molecule has 2 nitrogen and oxygen atoms in total. The number of phenols is 1. The number of nitrogens with one attached hydrogen (secondary N) is 1. The third-order valence-corrected chi connectivity index (χ3v) is 3.25. The van der Waals surface area contributed by atoms with Crippen molar-refractivity contribution >= 4 is 11.6 Å². The molecule has 0 spiro atoms. The molecule has 0 fully saturated rings. The van der Waals surface area contributed by atoms with Gasteiger partial charge in [0.2, 0.25) is 0 Å². The van der Waals surface area contributed by atoms with Crippen LogP contribution < -0.4 is 5.32 Å². The van der Waals surface area contributed by atoms with Crippen molar-refractivity contribution in [3.63, 3.8) is 0 Å². The topological polar surface area (TPSA) is 32.3 Å². The second-order valence-electron chi connectivity index (χ2n) is 4.43. The molecule has 0 aliphatic heterocycles. The Hall–Kier alpha value is -1.58. The summed E-state index contributed by atoms with van der Waals surface area (Å²) in [6.07, 6.45) is 0. The van der Waals surface area contributed by atoms with Gasteiger partial charge in [0.25, 0.3) is 0 Å². The van der Waals surface area contributed by atoms with Crippen molar-refractivity contribution in [3.8, 4) is 5.75 Å². The monoisotopic (exact) mass is 279 g/mol. The molecular weight excluding hydrogens is 265 g/mol. The first-order valence-corrected chi connectivity index (χ1v) is 6.40. The summed E-state index contributed by atoms with van der Waals surface area (Å²) in [6.45, 7) is 2.47. The smallest absolute Gasteiger partial charge is 0.123 e. The Morgan fingerprint density at radius 1 is 1.21 bits per heavy atom. The minimum absolute atomic E-state index is 0.0546. The quantitative estimate of drug-likeness (QED) is 0.885. The molecule has 2 aromatic carbocycles. The summed E-state index contributed by atoms with van der Waals surface area (Å²) in [5.41, 5.74) is 1.73. The highest BCUT2D eigenvalue weighted by Crippen LogP contribution is 2.22. The van der Waals surface area contributed by atoms with E-state index in [0.29, 0.717) is 11.6 Å². The van der Waals surface area contributed by atoms with Gasteiger partial charge in [0, 0.05) is 23.2 Å². The molecule has 0 amide bonds. The molecule has 4 heteroatoms. The predicted molar refractivity (Wildman–Crippen MR) is 74.8 cm³/mol. The van der Waals surface area contributed by atoms with Crippen LogP contribution in [0.5, 0.6) is 5.75 Å². The normalized spacial score (nSPS) is 12.4. The average molecular weight is 280 g/mol. The van der Waals surface area contributed by atoms with Crippen LogP contribution in [0.3, 0.4) is 0 Å². The predicted octanol–water partition coefficient (Wildman–Crippen LogP) is 4.04. The van der Waals surface area contributed by atoms with Gasteiger partial charge >= 0.3 is 0 Å². The van der Waals surface area contributed by atoms with Gasteiger partial charge in [-0.3, -0.25) is 0 Å². The summed E-state index contributed by atoms with van der Waals surface area (Å²) >= 11 is 5.89. The van der Waals surface area contributed by atoms with Crippen LogP contribution in [-0.2, 0) is 6.54 Å². The molecule has 0 radical (unpaired) electrons. The summed E-state index contributed by atoms with van der Waals surface area (Å²) in [5.74, 6) is -0.0355. The van der Waals surface area contributed by atoms with Crippen molar-refractivity contribution in [3.05, 3.63) is 64.4 Å². The van der Waals surface area contributed by atoms with E-state index in [-0.39, 0.29) is 17.6 Å². The Morgan fingerprint density at radius 2 is 1.89 bits per heavy atom. The lowest BCUT2D eigenvalue weighted by molar-refractivity contribution is 0.460. The molecule has 0 heterocycles. The molecule has 2 aromatic rings. The fourth-order valence-corrected chi connectivity index (χ4v) is 2.02. The van der Waals surface area contributed by atoms with E-state index in [9.17, 15) is 9.50 Å². The molecule has 2 N–H and O–H groups in total. The number of aromatic hydroxyl groups is 1. The maximum absolute atomic E-state index is 12.8. The van der Waals surface area contributed by atoms with E-state index in [1.807, 2.05) is 6.92 Å². The lowest BCUT2D eigenvalue weighted by atomic mass is 10.1. The number of halogens is 2. The molecule has 0 aromatic heterocycles. The summed E-state index contributed by atoms with van der Waals surface area (Å²) < 4.78 is 12.8. The molecule has 0 bridgehead atoms. The number of benzene rings is 2. The van der Waals surface area contributed by atoms with E-state index < -0.39 is 0 Å². The van der Waals surface area contributed by atoms with Gasteiger partial charge in [0.1, 0.15) is 11.6 Å². The maximum Gasteiger partial charge on any atom is 0.123 e. The van der Waals surface area contributed by atoms with Crippen LogP contribution in [-0.4, -0.2) is 5.11 Å². The van der Waals surface area contributed by atoms with Crippen LogP contribution in [0.15, 0.2) is 42.5 Å². The third-order valence-electron chi connectivity index (χ3n) is 3.01. The Labute approximate surface area is 116 Å². The molecule has 0 saturated carbocycles. The van der Waals surface area contributed by atoms with Crippen LogP contribution in [0.4, 0.5) is 4.39 Å². The zero-order chi connectivity index (χ0) is 13.8. The van der Waals surface area contributed by atoms with E-state index in [1.54, 1.807) is 30.3 Å². The van der Waals surface area contributed by atoms with Crippen molar-refractivity contribution in [2.75, 3.05) is 0 Å². The lowest BCUT2D eigenvalue weighted by Gasteiger charge is -2.15. The zero-order valence-corrected chi connectivity index (χ0v) is 11.3. The van der Waals surface area contributed by atoms with Gasteiger partial charge in [-0.05, 0) is 42.8 Å². The molecule has 1 atom stereocenters. The van der Waals surface area contributed by atoms with E-state index in [1.165, 1.54) is 12.1 Å². The minimum atomic E-state index is -0.247. The maximum atomic E-state index is 12.8.